The molecule has 15 heavy (non-hydrogen) atoms. The number of hydrogen-bond acceptors (Lipinski definition) is 2. The van der Waals surface area contributed by atoms with Gasteiger partial charge in [0.05, 0.1) is 5.56 Å². The molecule has 0 fully saturated rings. The van der Waals surface area contributed by atoms with Crippen molar-refractivity contribution in [3.63, 3.8) is 0 Å². The predicted octanol–water partition coefficient (Wildman–Crippen LogP) is 2.64. The van der Waals surface area contributed by atoms with E-state index >= 15 is 0 Å². The second kappa shape index (κ2) is 4.09. The van der Waals surface area contributed by atoms with Crippen molar-refractivity contribution >= 4 is 5.91 Å². The van der Waals surface area contributed by atoms with Gasteiger partial charge in [0, 0.05) is 12.5 Å². The third-order valence-corrected chi connectivity index (χ3v) is 2.94. The van der Waals surface area contributed by atoms with Crippen LogP contribution in [0.5, 0.6) is 0 Å². The Labute approximate surface area is 90.9 Å². The first kappa shape index (κ1) is 11.8. The summed E-state index contributed by atoms with van der Waals surface area (Å²) in [5.74, 6) is 1.47. The van der Waals surface area contributed by atoms with E-state index in [-0.39, 0.29) is 11.3 Å². The molecule has 0 spiro atoms. The minimum atomic E-state index is -0.0885. The molecule has 3 nitrogen and oxygen atoms in total. The van der Waals surface area contributed by atoms with E-state index in [9.17, 15) is 4.79 Å². The summed E-state index contributed by atoms with van der Waals surface area (Å²) >= 11 is 0. The van der Waals surface area contributed by atoms with Gasteiger partial charge in [0.25, 0.3) is 5.91 Å². The lowest BCUT2D eigenvalue weighted by Crippen LogP contribution is -2.18. The molecule has 0 bridgehead atoms. The Morgan fingerprint density at radius 1 is 1.53 bits per heavy atom. The second-order valence-electron chi connectivity index (χ2n) is 4.40. The normalized spacial score (nSPS) is 11.5. The molecular weight excluding hydrogens is 190 g/mol. The molecule has 1 heterocycles. The van der Waals surface area contributed by atoms with Crippen LogP contribution in [-0.4, -0.2) is 13.0 Å². The fraction of sp³-hybridized carbons (Fsp3) is 0.583. The van der Waals surface area contributed by atoms with Crippen LogP contribution in [0, 0.1) is 6.92 Å². The quantitative estimate of drug-likeness (QED) is 0.831. The summed E-state index contributed by atoms with van der Waals surface area (Å²) in [7, 11) is 1.62. The highest BCUT2D eigenvalue weighted by molar-refractivity contribution is 5.95. The van der Waals surface area contributed by atoms with E-state index in [4.69, 9.17) is 4.42 Å². The second-order valence-corrected chi connectivity index (χ2v) is 4.40. The van der Waals surface area contributed by atoms with Crippen molar-refractivity contribution in [1.82, 2.24) is 5.32 Å². The van der Waals surface area contributed by atoms with Gasteiger partial charge in [-0.05, 0) is 19.4 Å². The number of furan rings is 1. The number of rotatable bonds is 3. The highest BCUT2D eigenvalue weighted by Crippen LogP contribution is 2.30. The predicted molar refractivity (Wildman–Crippen MR) is 60.2 cm³/mol. The molecule has 0 radical (unpaired) electrons. The lowest BCUT2D eigenvalue weighted by molar-refractivity contribution is 0.0961. The van der Waals surface area contributed by atoms with Crippen molar-refractivity contribution in [1.29, 1.82) is 0 Å². The van der Waals surface area contributed by atoms with Crippen LogP contribution in [0.15, 0.2) is 10.5 Å². The average Bonchev–Trinajstić information content (AvgIpc) is 2.60. The molecule has 1 rings (SSSR count). The molecule has 0 aromatic carbocycles. The standard InChI is InChI=1S/C12H19NO2/c1-6-12(3,4)10-7-9(8(2)15-10)11(14)13-5/h7H,6H2,1-5H3,(H,13,14). The van der Waals surface area contributed by atoms with Gasteiger partial charge in [0.15, 0.2) is 0 Å². The minimum absolute atomic E-state index is 0.0168. The monoisotopic (exact) mass is 209 g/mol. The number of hydrogen-bond donors (Lipinski definition) is 1. The highest BCUT2D eigenvalue weighted by atomic mass is 16.3. The zero-order valence-electron chi connectivity index (χ0n) is 10.1. The number of carbonyl (C=O) groups excluding carboxylic acids is 1. The highest BCUT2D eigenvalue weighted by Gasteiger charge is 2.25. The third kappa shape index (κ3) is 2.22. The van der Waals surface area contributed by atoms with Gasteiger partial charge in [-0.25, -0.2) is 0 Å². The van der Waals surface area contributed by atoms with Crippen molar-refractivity contribution in [3.05, 3.63) is 23.2 Å². The Bertz CT molecular complexity index is 364. The van der Waals surface area contributed by atoms with Crippen LogP contribution in [0.25, 0.3) is 0 Å². The van der Waals surface area contributed by atoms with Crippen LogP contribution in [0.4, 0.5) is 0 Å². The van der Waals surface area contributed by atoms with Gasteiger partial charge in [0.1, 0.15) is 11.5 Å². The van der Waals surface area contributed by atoms with Crippen molar-refractivity contribution < 1.29 is 9.21 Å². The summed E-state index contributed by atoms with van der Waals surface area (Å²) in [6.07, 6.45) is 0.979. The SMILES string of the molecule is CCC(C)(C)c1cc(C(=O)NC)c(C)o1. The van der Waals surface area contributed by atoms with Gasteiger partial charge in [-0.3, -0.25) is 4.79 Å². The topological polar surface area (TPSA) is 42.2 Å². The molecular formula is C12H19NO2. The van der Waals surface area contributed by atoms with E-state index in [1.54, 1.807) is 7.05 Å². The molecule has 0 saturated carbocycles. The summed E-state index contributed by atoms with van der Waals surface area (Å²) in [6, 6.07) is 1.84. The zero-order valence-corrected chi connectivity index (χ0v) is 10.1. The summed E-state index contributed by atoms with van der Waals surface area (Å²) in [5, 5.41) is 2.61. The molecule has 3 heteroatoms. The molecule has 0 atom stereocenters. The molecule has 1 aromatic heterocycles. The first-order chi connectivity index (χ1) is 6.92. The van der Waals surface area contributed by atoms with Crippen LogP contribution in [0.2, 0.25) is 0 Å². The van der Waals surface area contributed by atoms with Crippen LogP contribution >= 0.6 is 0 Å². The van der Waals surface area contributed by atoms with Crippen LogP contribution < -0.4 is 5.32 Å². The summed E-state index contributed by atoms with van der Waals surface area (Å²) in [5.41, 5.74) is 0.617. The maximum absolute atomic E-state index is 11.5. The Kier molecular flexibility index (Phi) is 3.22. The van der Waals surface area contributed by atoms with Gasteiger partial charge in [-0.1, -0.05) is 20.8 Å². The van der Waals surface area contributed by atoms with Crippen molar-refractivity contribution in [2.75, 3.05) is 7.05 Å². The molecule has 0 aliphatic rings. The number of nitrogens with one attached hydrogen (secondary N) is 1. The third-order valence-electron chi connectivity index (χ3n) is 2.94. The summed E-state index contributed by atoms with van der Waals surface area (Å²) < 4.78 is 5.63. The maximum atomic E-state index is 11.5. The fourth-order valence-electron chi connectivity index (χ4n) is 1.35. The summed E-state index contributed by atoms with van der Waals surface area (Å²) in [6.45, 7) is 8.15. The van der Waals surface area contributed by atoms with Gasteiger partial charge in [-0.15, -0.1) is 0 Å². The Morgan fingerprint density at radius 2 is 2.13 bits per heavy atom. The Balaban J connectivity index is 3.11. The number of amides is 1. The molecule has 0 aliphatic carbocycles. The molecule has 0 aliphatic heterocycles. The lowest BCUT2D eigenvalue weighted by atomic mass is 9.87. The first-order valence-electron chi connectivity index (χ1n) is 5.25. The zero-order chi connectivity index (χ0) is 11.6. The van der Waals surface area contributed by atoms with E-state index in [2.05, 4.69) is 26.1 Å². The van der Waals surface area contributed by atoms with Crippen molar-refractivity contribution in [3.8, 4) is 0 Å². The first-order valence-corrected chi connectivity index (χ1v) is 5.25. The Hall–Kier alpha value is -1.25. The molecule has 0 unspecified atom stereocenters. The smallest absolute Gasteiger partial charge is 0.254 e. The van der Waals surface area contributed by atoms with Gasteiger partial charge >= 0.3 is 0 Å². The van der Waals surface area contributed by atoms with Crippen LogP contribution in [-0.2, 0) is 5.41 Å². The average molecular weight is 209 g/mol. The van der Waals surface area contributed by atoms with E-state index < -0.39 is 0 Å². The van der Waals surface area contributed by atoms with Gasteiger partial charge in [0.2, 0.25) is 0 Å². The summed E-state index contributed by atoms with van der Waals surface area (Å²) in [4.78, 5) is 11.5. The molecule has 84 valence electrons. The van der Waals surface area contributed by atoms with Crippen LogP contribution in [0.1, 0.15) is 49.1 Å². The number of carbonyl (C=O) groups is 1. The minimum Gasteiger partial charge on any atom is -0.465 e. The Morgan fingerprint density at radius 3 is 2.60 bits per heavy atom. The molecule has 1 aromatic rings. The van der Waals surface area contributed by atoms with Gasteiger partial charge < -0.3 is 9.73 Å². The van der Waals surface area contributed by atoms with E-state index in [0.29, 0.717) is 11.3 Å². The van der Waals surface area contributed by atoms with Crippen molar-refractivity contribution in [2.24, 2.45) is 0 Å². The number of aryl methyl sites for hydroxylation is 1. The molecule has 1 amide bonds. The van der Waals surface area contributed by atoms with Gasteiger partial charge in [-0.2, -0.15) is 0 Å². The van der Waals surface area contributed by atoms with Crippen LogP contribution in [0.3, 0.4) is 0 Å². The fourth-order valence-corrected chi connectivity index (χ4v) is 1.35. The molecule has 1 N–H and O–H groups in total. The largest absolute Gasteiger partial charge is 0.465 e. The van der Waals surface area contributed by atoms with E-state index in [0.717, 1.165) is 12.2 Å². The van der Waals surface area contributed by atoms with E-state index in [1.807, 2.05) is 13.0 Å². The van der Waals surface area contributed by atoms with Crippen molar-refractivity contribution in [2.45, 2.75) is 39.5 Å². The maximum Gasteiger partial charge on any atom is 0.254 e. The lowest BCUT2D eigenvalue weighted by Gasteiger charge is -2.18. The molecule has 0 saturated heterocycles. The van der Waals surface area contributed by atoms with E-state index in [1.165, 1.54) is 0 Å².